The van der Waals surface area contributed by atoms with Crippen LogP contribution in [-0.2, 0) is 6.42 Å². The minimum atomic E-state index is -0.0546. The quantitative estimate of drug-likeness (QED) is 0.931. The van der Waals surface area contributed by atoms with Crippen molar-refractivity contribution in [3.05, 3.63) is 51.8 Å². The van der Waals surface area contributed by atoms with Crippen LogP contribution in [0.3, 0.4) is 0 Å². The summed E-state index contributed by atoms with van der Waals surface area (Å²) in [5.41, 5.74) is 9.96. The summed E-state index contributed by atoms with van der Waals surface area (Å²) in [6, 6.07) is 8.74. The molecular weight excluding hydrogens is 302 g/mol. The van der Waals surface area contributed by atoms with Gasteiger partial charge >= 0.3 is 0 Å². The average Bonchev–Trinajstić information content (AvgIpc) is 2.71. The van der Waals surface area contributed by atoms with Crippen LogP contribution in [0, 0.1) is 6.92 Å². The molecule has 1 unspecified atom stereocenters. The first-order valence-corrected chi connectivity index (χ1v) is 7.32. The van der Waals surface area contributed by atoms with Gasteiger partial charge in [0.05, 0.1) is 22.4 Å². The Morgan fingerprint density at radius 3 is 2.74 bits per heavy atom. The number of hydrogen-bond donors (Lipinski definition) is 1. The van der Waals surface area contributed by atoms with Crippen molar-refractivity contribution in [1.29, 1.82) is 0 Å². The highest BCUT2D eigenvalue weighted by Gasteiger charge is 2.18. The first-order valence-electron chi connectivity index (χ1n) is 6.53. The highest BCUT2D eigenvalue weighted by Crippen LogP contribution is 2.26. The molecule has 102 valence electrons. The zero-order valence-electron chi connectivity index (χ0n) is 11.6. The summed E-state index contributed by atoms with van der Waals surface area (Å²) < 4.78 is 2.98. The van der Waals surface area contributed by atoms with Crippen molar-refractivity contribution in [2.24, 2.45) is 5.73 Å². The second-order valence-electron chi connectivity index (χ2n) is 5.22. The van der Waals surface area contributed by atoms with Gasteiger partial charge in [-0.25, -0.2) is 0 Å². The molecule has 0 spiro atoms. The van der Waals surface area contributed by atoms with Gasteiger partial charge in [0.25, 0.3) is 0 Å². The van der Waals surface area contributed by atoms with Gasteiger partial charge in [-0.2, -0.15) is 5.10 Å². The lowest BCUT2D eigenvalue weighted by atomic mass is 10.0. The molecular formula is C15H20BrN3. The zero-order chi connectivity index (χ0) is 14.0. The van der Waals surface area contributed by atoms with E-state index in [9.17, 15) is 0 Å². The van der Waals surface area contributed by atoms with E-state index < -0.39 is 0 Å². The van der Waals surface area contributed by atoms with Gasteiger partial charge in [0.2, 0.25) is 0 Å². The average molecular weight is 322 g/mol. The smallest absolute Gasteiger partial charge is 0.0699 e. The molecule has 1 aromatic heterocycles. The van der Waals surface area contributed by atoms with Crippen molar-refractivity contribution < 1.29 is 0 Å². The third-order valence-corrected chi connectivity index (χ3v) is 3.78. The number of aromatic nitrogens is 2. The Morgan fingerprint density at radius 2 is 2.11 bits per heavy atom. The Balaban J connectivity index is 2.25. The van der Waals surface area contributed by atoms with Crippen molar-refractivity contribution in [2.75, 3.05) is 0 Å². The SMILES string of the molecule is Cc1cccc(CC(N)c2c(Br)cnn2C(C)C)c1. The third kappa shape index (κ3) is 3.25. The van der Waals surface area contributed by atoms with Gasteiger partial charge in [-0.1, -0.05) is 29.8 Å². The van der Waals surface area contributed by atoms with E-state index in [1.807, 2.05) is 10.9 Å². The van der Waals surface area contributed by atoms with E-state index in [4.69, 9.17) is 5.73 Å². The first-order chi connectivity index (χ1) is 8.99. The minimum absolute atomic E-state index is 0.0546. The molecule has 2 aromatic rings. The second kappa shape index (κ2) is 5.88. The molecule has 0 aliphatic carbocycles. The zero-order valence-corrected chi connectivity index (χ0v) is 13.2. The molecule has 0 saturated carbocycles. The monoisotopic (exact) mass is 321 g/mol. The Labute approximate surface area is 122 Å². The van der Waals surface area contributed by atoms with Crippen molar-refractivity contribution >= 4 is 15.9 Å². The van der Waals surface area contributed by atoms with Gasteiger partial charge in [-0.3, -0.25) is 4.68 Å². The molecule has 0 aliphatic rings. The predicted molar refractivity (Wildman–Crippen MR) is 82.1 cm³/mol. The van der Waals surface area contributed by atoms with Gasteiger partial charge in [0, 0.05) is 6.04 Å². The number of benzene rings is 1. The van der Waals surface area contributed by atoms with Crippen molar-refractivity contribution in [1.82, 2.24) is 9.78 Å². The molecule has 0 saturated heterocycles. The van der Waals surface area contributed by atoms with Crippen molar-refractivity contribution in [2.45, 2.75) is 39.3 Å². The van der Waals surface area contributed by atoms with Crippen LogP contribution in [0.15, 0.2) is 34.9 Å². The van der Waals surface area contributed by atoms with Gasteiger partial charge in [0.15, 0.2) is 0 Å². The highest BCUT2D eigenvalue weighted by molar-refractivity contribution is 9.10. The summed E-state index contributed by atoms with van der Waals surface area (Å²) in [6.45, 7) is 6.33. The van der Waals surface area contributed by atoms with Gasteiger partial charge in [-0.15, -0.1) is 0 Å². The molecule has 4 heteroatoms. The maximum Gasteiger partial charge on any atom is 0.0699 e. The van der Waals surface area contributed by atoms with E-state index in [2.05, 4.69) is 66.1 Å². The minimum Gasteiger partial charge on any atom is -0.322 e. The Kier molecular flexibility index (Phi) is 4.42. The molecule has 0 aliphatic heterocycles. The molecule has 1 aromatic carbocycles. The lowest BCUT2D eigenvalue weighted by Gasteiger charge is -2.17. The molecule has 19 heavy (non-hydrogen) atoms. The third-order valence-electron chi connectivity index (χ3n) is 3.17. The standard InChI is InChI=1S/C15H20BrN3/c1-10(2)19-15(13(16)9-18-19)14(17)8-12-6-4-5-11(3)7-12/h4-7,9-10,14H,8,17H2,1-3H3. The molecule has 2 rings (SSSR count). The van der Waals surface area contributed by atoms with Crippen LogP contribution < -0.4 is 5.73 Å². The van der Waals surface area contributed by atoms with Crippen LogP contribution in [-0.4, -0.2) is 9.78 Å². The summed E-state index contributed by atoms with van der Waals surface area (Å²) in [5, 5.41) is 4.39. The van der Waals surface area contributed by atoms with E-state index in [0.717, 1.165) is 16.6 Å². The number of nitrogens with two attached hydrogens (primary N) is 1. The van der Waals surface area contributed by atoms with Gasteiger partial charge < -0.3 is 5.73 Å². The lowest BCUT2D eigenvalue weighted by molar-refractivity contribution is 0.484. The van der Waals surface area contributed by atoms with Crippen LogP contribution in [0.4, 0.5) is 0 Å². The van der Waals surface area contributed by atoms with Crippen LogP contribution in [0.5, 0.6) is 0 Å². The van der Waals surface area contributed by atoms with Crippen molar-refractivity contribution in [3.63, 3.8) is 0 Å². The fourth-order valence-corrected chi connectivity index (χ4v) is 2.87. The number of nitrogens with zero attached hydrogens (tertiary/aromatic N) is 2. The molecule has 0 fully saturated rings. The summed E-state index contributed by atoms with van der Waals surface area (Å²) in [4.78, 5) is 0. The maximum absolute atomic E-state index is 6.37. The molecule has 0 amide bonds. The Morgan fingerprint density at radius 1 is 1.37 bits per heavy atom. The summed E-state index contributed by atoms with van der Waals surface area (Å²) in [6.07, 6.45) is 2.64. The highest BCUT2D eigenvalue weighted by atomic mass is 79.9. The predicted octanol–water partition coefficient (Wildman–Crippen LogP) is 3.78. The van der Waals surface area contributed by atoms with E-state index >= 15 is 0 Å². The molecule has 1 atom stereocenters. The summed E-state index contributed by atoms with van der Waals surface area (Å²) in [5.74, 6) is 0. The molecule has 0 bridgehead atoms. The largest absolute Gasteiger partial charge is 0.322 e. The van der Waals surface area contributed by atoms with Crippen LogP contribution in [0.2, 0.25) is 0 Å². The van der Waals surface area contributed by atoms with Crippen LogP contribution in [0.1, 0.15) is 42.8 Å². The summed E-state index contributed by atoms with van der Waals surface area (Å²) in [7, 11) is 0. The number of halogens is 1. The number of rotatable bonds is 4. The second-order valence-corrected chi connectivity index (χ2v) is 6.07. The van der Waals surface area contributed by atoms with Crippen LogP contribution in [0.25, 0.3) is 0 Å². The van der Waals surface area contributed by atoms with Crippen LogP contribution >= 0.6 is 15.9 Å². The summed E-state index contributed by atoms with van der Waals surface area (Å²) >= 11 is 3.55. The topological polar surface area (TPSA) is 43.8 Å². The maximum atomic E-state index is 6.37. The van der Waals surface area contributed by atoms with E-state index in [1.54, 1.807) is 0 Å². The van der Waals surface area contributed by atoms with Gasteiger partial charge in [-0.05, 0) is 48.7 Å². The molecule has 2 N–H and O–H groups in total. The van der Waals surface area contributed by atoms with Gasteiger partial charge in [0.1, 0.15) is 0 Å². The molecule has 0 radical (unpaired) electrons. The van der Waals surface area contributed by atoms with Crippen molar-refractivity contribution in [3.8, 4) is 0 Å². The number of hydrogen-bond acceptors (Lipinski definition) is 2. The first kappa shape index (κ1) is 14.3. The fourth-order valence-electron chi connectivity index (χ4n) is 2.30. The normalized spacial score (nSPS) is 12.9. The molecule has 3 nitrogen and oxygen atoms in total. The number of aryl methyl sites for hydroxylation is 1. The Bertz CT molecular complexity index is 560. The Hall–Kier alpha value is -1.13. The fraction of sp³-hybridized carbons (Fsp3) is 0.400. The lowest BCUT2D eigenvalue weighted by Crippen LogP contribution is -2.20. The van der Waals surface area contributed by atoms with E-state index in [0.29, 0.717) is 6.04 Å². The van der Waals surface area contributed by atoms with E-state index in [1.165, 1.54) is 11.1 Å². The molecule has 1 heterocycles. The van der Waals surface area contributed by atoms with E-state index in [-0.39, 0.29) is 6.04 Å².